The van der Waals surface area contributed by atoms with E-state index in [1.807, 2.05) is 13.3 Å². The molecule has 0 aliphatic heterocycles. The molecule has 0 heterocycles. The van der Waals surface area contributed by atoms with E-state index in [4.69, 9.17) is 0 Å². The molecule has 0 aromatic carbocycles. The second kappa shape index (κ2) is 6.53. The number of aliphatic imine (C=N–C) groups is 1. The molecule has 0 fully saturated rings. The summed E-state index contributed by atoms with van der Waals surface area (Å²) in [7, 11) is 1.81. The summed E-state index contributed by atoms with van der Waals surface area (Å²) in [6, 6.07) is 0. The quantitative estimate of drug-likeness (QED) is 0.419. The van der Waals surface area contributed by atoms with Crippen LogP contribution in [-0.4, -0.2) is 13.3 Å². The Morgan fingerprint density at radius 3 is 2.30 bits per heavy atom. The zero-order chi connectivity index (χ0) is 7.82. The minimum atomic E-state index is 0.994. The third-order valence-electron chi connectivity index (χ3n) is 1.60. The van der Waals surface area contributed by atoms with Gasteiger partial charge in [0.1, 0.15) is 0 Å². The van der Waals surface area contributed by atoms with E-state index < -0.39 is 0 Å². The predicted octanol–water partition coefficient (Wildman–Crippen LogP) is 2.82. The van der Waals surface area contributed by atoms with E-state index in [0.29, 0.717) is 0 Å². The van der Waals surface area contributed by atoms with Gasteiger partial charge in [-0.05, 0) is 12.8 Å². The Hall–Kier alpha value is -0.590. The van der Waals surface area contributed by atoms with Crippen molar-refractivity contribution >= 4 is 6.21 Å². The van der Waals surface area contributed by atoms with E-state index >= 15 is 0 Å². The number of nitrogens with zero attached hydrogens (tertiary/aromatic N) is 1. The van der Waals surface area contributed by atoms with Crippen molar-refractivity contribution in [1.29, 1.82) is 0 Å². The van der Waals surface area contributed by atoms with Crippen molar-refractivity contribution in [1.82, 2.24) is 0 Å². The third kappa shape index (κ3) is 4.30. The first-order chi connectivity index (χ1) is 4.85. The van der Waals surface area contributed by atoms with Gasteiger partial charge in [-0.25, -0.2) is 0 Å². The lowest BCUT2D eigenvalue weighted by atomic mass is 10.1. The molecule has 0 N–H and O–H groups in total. The fourth-order valence-electron chi connectivity index (χ4n) is 0.863. The first kappa shape index (κ1) is 9.41. The van der Waals surface area contributed by atoms with Crippen molar-refractivity contribution in [2.24, 2.45) is 4.99 Å². The highest BCUT2D eigenvalue weighted by molar-refractivity contribution is 5.59. The molecule has 0 aliphatic carbocycles. The van der Waals surface area contributed by atoms with E-state index in [1.165, 1.54) is 18.4 Å². The van der Waals surface area contributed by atoms with Crippen LogP contribution in [0.1, 0.15) is 33.1 Å². The summed E-state index contributed by atoms with van der Waals surface area (Å²) in [6.45, 7) is 4.39. The summed E-state index contributed by atoms with van der Waals surface area (Å²) < 4.78 is 0. The van der Waals surface area contributed by atoms with Crippen LogP contribution in [0.25, 0.3) is 0 Å². The minimum Gasteiger partial charge on any atom is -0.301 e. The van der Waals surface area contributed by atoms with Gasteiger partial charge in [-0.3, -0.25) is 0 Å². The van der Waals surface area contributed by atoms with Crippen LogP contribution in [0.4, 0.5) is 0 Å². The molecule has 10 heavy (non-hydrogen) atoms. The molecule has 0 unspecified atom stereocenters. The van der Waals surface area contributed by atoms with Gasteiger partial charge in [0.05, 0.1) is 0 Å². The maximum absolute atomic E-state index is 3.91. The lowest BCUT2D eigenvalue weighted by Gasteiger charge is -1.96. The van der Waals surface area contributed by atoms with Crippen LogP contribution in [-0.2, 0) is 0 Å². The average Bonchev–Trinajstić information content (AvgIpc) is 1.99. The van der Waals surface area contributed by atoms with Gasteiger partial charge < -0.3 is 4.99 Å². The van der Waals surface area contributed by atoms with Gasteiger partial charge >= 0.3 is 0 Å². The number of rotatable bonds is 4. The van der Waals surface area contributed by atoms with Gasteiger partial charge in [0.2, 0.25) is 0 Å². The number of allylic oxidation sites excluding steroid dienone is 2. The van der Waals surface area contributed by atoms with Gasteiger partial charge in [0.15, 0.2) is 0 Å². The summed E-state index contributed by atoms with van der Waals surface area (Å²) >= 11 is 0. The van der Waals surface area contributed by atoms with Crippen LogP contribution in [0.3, 0.4) is 0 Å². The highest BCUT2D eigenvalue weighted by Gasteiger charge is 1.85. The zero-order valence-corrected chi connectivity index (χ0v) is 7.22. The lowest BCUT2D eigenvalue weighted by molar-refractivity contribution is 0.968. The molecule has 1 heteroatoms. The molecule has 0 rings (SSSR count). The van der Waals surface area contributed by atoms with Gasteiger partial charge in [0, 0.05) is 19.7 Å². The highest BCUT2D eigenvalue weighted by Crippen LogP contribution is 2.05. The second-order valence-corrected chi connectivity index (χ2v) is 2.25. The molecular weight excluding hydrogens is 122 g/mol. The maximum atomic E-state index is 3.91. The normalized spacial score (nSPS) is 10.3. The third-order valence-corrected chi connectivity index (χ3v) is 1.60. The summed E-state index contributed by atoms with van der Waals surface area (Å²) in [5.74, 6) is 0. The van der Waals surface area contributed by atoms with Crippen molar-refractivity contribution in [3.63, 3.8) is 0 Å². The molecule has 0 saturated carbocycles. The highest BCUT2D eigenvalue weighted by atomic mass is 14.6. The van der Waals surface area contributed by atoms with E-state index in [0.717, 1.165) is 6.42 Å². The smallest absolute Gasteiger partial charge is 0.0273 e. The van der Waals surface area contributed by atoms with Crippen LogP contribution in [0, 0.1) is 0 Å². The Morgan fingerprint density at radius 1 is 1.30 bits per heavy atom. The van der Waals surface area contributed by atoms with Crippen LogP contribution < -0.4 is 0 Å². The number of hydrogen-bond acceptors (Lipinski definition) is 1. The Bertz CT molecular complexity index is 117. The second-order valence-electron chi connectivity index (χ2n) is 2.25. The Balaban J connectivity index is 3.63. The standard InChI is InChI=1S/C9H17N/c1-4-9(5-2)7-6-8-10-3/h7-8H,4-6H2,1-3H3/b10-8+. The monoisotopic (exact) mass is 139 g/mol. The first-order valence-electron chi connectivity index (χ1n) is 3.93. The molecule has 0 aliphatic rings. The van der Waals surface area contributed by atoms with E-state index in [9.17, 15) is 0 Å². The van der Waals surface area contributed by atoms with Crippen LogP contribution >= 0.6 is 0 Å². The molecule has 1 nitrogen and oxygen atoms in total. The molecule has 0 atom stereocenters. The first-order valence-corrected chi connectivity index (χ1v) is 3.93. The SMILES string of the molecule is CCC(=CC/C=N/C)CC. The fourth-order valence-corrected chi connectivity index (χ4v) is 0.863. The largest absolute Gasteiger partial charge is 0.301 e. The molecular formula is C9H17N. The van der Waals surface area contributed by atoms with Gasteiger partial charge in [-0.2, -0.15) is 0 Å². The van der Waals surface area contributed by atoms with Gasteiger partial charge in [0.25, 0.3) is 0 Å². The molecule has 0 radical (unpaired) electrons. The van der Waals surface area contributed by atoms with Gasteiger partial charge in [-0.15, -0.1) is 0 Å². The summed E-state index contributed by atoms with van der Waals surface area (Å²) in [5, 5.41) is 0. The van der Waals surface area contributed by atoms with Crippen molar-refractivity contribution in [3.05, 3.63) is 11.6 Å². The maximum Gasteiger partial charge on any atom is 0.0273 e. The molecule has 58 valence electrons. The summed E-state index contributed by atoms with van der Waals surface area (Å²) in [4.78, 5) is 3.91. The van der Waals surface area contributed by atoms with Gasteiger partial charge in [-0.1, -0.05) is 25.5 Å². The molecule has 0 saturated heterocycles. The molecule has 0 aromatic heterocycles. The van der Waals surface area contributed by atoms with Crippen molar-refractivity contribution < 1.29 is 0 Å². The van der Waals surface area contributed by atoms with E-state index in [1.54, 1.807) is 0 Å². The van der Waals surface area contributed by atoms with Crippen LogP contribution in [0.5, 0.6) is 0 Å². The molecule has 0 aromatic rings. The number of hydrogen-bond donors (Lipinski definition) is 0. The lowest BCUT2D eigenvalue weighted by Crippen LogP contribution is -1.78. The minimum absolute atomic E-state index is 0.994. The van der Waals surface area contributed by atoms with Crippen LogP contribution in [0.15, 0.2) is 16.6 Å². The molecule has 0 spiro atoms. The fraction of sp³-hybridized carbons (Fsp3) is 0.667. The van der Waals surface area contributed by atoms with E-state index in [-0.39, 0.29) is 0 Å². The Kier molecular flexibility index (Phi) is 6.14. The van der Waals surface area contributed by atoms with E-state index in [2.05, 4.69) is 24.9 Å². The average molecular weight is 139 g/mol. The summed E-state index contributed by atoms with van der Waals surface area (Å²) in [5.41, 5.74) is 1.53. The van der Waals surface area contributed by atoms with Crippen molar-refractivity contribution in [3.8, 4) is 0 Å². The van der Waals surface area contributed by atoms with Crippen molar-refractivity contribution in [2.45, 2.75) is 33.1 Å². The van der Waals surface area contributed by atoms with Crippen molar-refractivity contribution in [2.75, 3.05) is 7.05 Å². The van der Waals surface area contributed by atoms with Crippen LogP contribution in [0.2, 0.25) is 0 Å². The zero-order valence-electron chi connectivity index (χ0n) is 7.22. The molecule has 0 amide bonds. The topological polar surface area (TPSA) is 12.4 Å². The Morgan fingerprint density at radius 2 is 1.90 bits per heavy atom. The summed E-state index contributed by atoms with van der Waals surface area (Å²) in [6.07, 6.45) is 7.54. The molecule has 0 bridgehead atoms. The Labute approximate surface area is 63.9 Å². The predicted molar refractivity (Wildman–Crippen MR) is 47.7 cm³/mol.